The van der Waals surface area contributed by atoms with Crippen LogP contribution in [0, 0.1) is 0 Å². The highest BCUT2D eigenvalue weighted by Gasteiger charge is 1.93. The molecule has 2 heteroatoms. The van der Waals surface area contributed by atoms with Gasteiger partial charge < -0.3 is 4.74 Å². The second kappa shape index (κ2) is 5.71. The SMILES string of the molecule is C/C=C\C(=C/C)OCC(C)=O. The molecule has 0 aromatic rings. The molecule has 0 aromatic carbocycles. The van der Waals surface area contributed by atoms with Gasteiger partial charge in [0, 0.05) is 0 Å². The Hall–Kier alpha value is -1.05. The molecule has 0 saturated heterocycles. The second-order valence-corrected chi connectivity index (χ2v) is 2.18. The first-order chi connectivity index (χ1) is 5.20. The standard InChI is InChI=1S/C9H14O2/c1-4-6-9(5-2)11-7-8(3)10/h4-6H,7H2,1-3H3/b6-4-,9-5+. The van der Waals surface area contributed by atoms with Crippen molar-refractivity contribution in [1.82, 2.24) is 0 Å². The van der Waals surface area contributed by atoms with E-state index in [0.29, 0.717) is 0 Å². The summed E-state index contributed by atoms with van der Waals surface area (Å²) in [6.07, 6.45) is 5.52. The summed E-state index contributed by atoms with van der Waals surface area (Å²) in [7, 11) is 0. The normalized spacial score (nSPS) is 12.1. The highest BCUT2D eigenvalue weighted by Crippen LogP contribution is 1.98. The summed E-state index contributed by atoms with van der Waals surface area (Å²) >= 11 is 0. The number of ketones is 1. The molecule has 0 bridgehead atoms. The maximum atomic E-state index is 10.5. The van der Waals surface area contributed by atoms with Crippen LogP contribution in [0.4, 0.5) is 0 Å². The Morgan fingerprint density at radius 1 is 1.45 bits per heavy atom. The molecule has 11 heavy (non-hydrogen) atoms. The Morgan fingerprint density at radius 2 is 2.09 bits per heavy atom. The predicted molar refractivity (Wildman–Crippen MR) is 45.2 cm³/mol. The molecule has 2 nitrogen and oxygen atoms in total. The molecular weight excluding hydrogens is 140 g/mol. The first kappa shape index (κ1) is 9.95. The van der Waals surface area contributed by atoms with Gasteiger partial charge in [0.05, 0.1) is 0 Å². The maximum absolute atomic E-state index is 10.5. The molecular formula is C9H14O2. The van der Waals surface area contributed by atoms with Crippen LogP contribution in [-0.4, -0.2) is 12.4 Å². The second-order valence-electron chi connectivity index (χ2n) is 2.18. The third-order valence-electron chi connectivity index (χ3n) is 1.06. The molecule has 0 aromatic heterocycles. The lowest BCUT2D eigenvalue weighted by Gasteiger charge is -2.02. The van der Waals surface area contributed by atoms with E-state index in [1.165, 1.54) is 6.92 Å². The minimum Gasteiger partial charge on any atom is -0.486 e. The summed E-state index contributed by atoms with van der Waals surface area (Å²) in [4.78, 5) is 10.5. The van der Waals surface area contributed by atoms with E-state index in [1.54, 1.807) is 0 Å². The van der Waals surface area contributed by atoms with Crippen LogP contribution in [0.15, 0.2) is 24.0 Å². The largest absolute Gasteiger partial charge is 0.486 e. The summed E-state index contributed by atoms with van der Waals surface area (Å²) in [6.45, 7) is 5.43. The topological polar surface area (TPSA) is 26.3 Å². The lowest BCUT2D eigenvalue weighted by Crippen LogP contribution is -2.02. The highest BCUT2D eigenvalue weighted by molar-refractivity contribution is 5.76. The molecule has 0 aliphatic heterocycles. The van der Waals surface area contributed by atoms with Crippen molar-refractivity contribution in [2.75, 3.05) is 6.61 Å². The van der Waals surface area contributed by atoms with Gasteiger partial charge in [-0.05, 0) is 32.9 Å². The van der Waals surface area contributed by atoms with E-state index in [-0.39, 0.29) is 12.4 Å². The molecule has 0 unspecified atom stereocenters. The zero-order valence-corrected chi connectivity index (χ0v) is 7.26. The lowest BCUT2D eigenvalue weighted by atomic mass is 10.4. The third kappa shape index (κ3) is 5.40. The average molecular weight is 154 g/mol. The first-order valence-electron chi connectivity index (χ1n) is 3.62. The van der Waals surface area contributed by atoms with E-state index in [2.05, 4.69) is 0 Å². The summed E-state index contributed by atoms with van der Waals surface area (Å²) in [6, 6.07) is 0. The molecule has 62 valence electrons. The fourth-order valence-corrected chi connectivity index (χ4v) is 0.577. The van der Waals surface area contributed by atoms with Gasteiger partial charge in [0.15, 0.2) is 5.78 Å². The van der Waals surface area contributed by atoms with Crippen molar-refractivity contribution >= 4 is 5.78 Å². The predicted octanol–water partition coefficient (Wildman–Crippen LogP) is 2.07. The zero-order chi connectivity index (χ0) is 8.69. The van der Waals surface area contributed by atoms with Crippen LogP contribution >= 0.6 is 0 Å². The number of Topliss-reactive ketones (excluding diaryl/α,β-unsaturated/α-hetero) is 1. The van der Waals surface area contributed by atoms with Crippen LogP contribution in [0.25, 0.3) is 0 Å². The Bertz CT molecular complexity index is 178. The van der Waals surface area contributed by atoms with Gasteiger partial charge >= 0.3 is 0 Å². The van der Waals surface area contributed by atoms with Gasteiger partial charge in [-0.2, -0.15) is 0 Å². The van der Waals surface area contributed by atoms with Crippen molar-refractivity contribution in [3.8, 4) is 0 Å². The fraction of sp³-hybridized carbons (Fsp3) is 0.444. The highest BCUT2D eigenvalue weighted by atomic mass is 16.5. The zero-order valence-electron chi connectivity index (χ0n) is 7.26. The molecule has 0 fully saturated rings. The van der Waals surface area contributed by atoms with E-state index in [4.69, 9.17) is 4.74 Å². The molecule has 0 N–H and O–H groups in total. The van der Waals surface area contributed by atoms with E-state index >= 15 is 0 Å². The fourth-order valence-electron chi connectivity index (χ4n) is 0.577. The number of ether oxygens (including phenoxy) is 1. The summed E-state index contributed by atoms with van der Waals surface area (Å²) < 4.78 is 5.12. The molecule has 0 heterocycles. The Labute approximate surface area is 67.6 Å². The quantitative estimate of drug-likeness (QED) is 0.457. The molecule has 0 atom stereocenters. The van der Waals surface area contributed by atoms with Crippen molar-refractivity contribution in [2.24, 2.45) is 0 Å². The smallest absolute Gasteiger partial charge is 0.167 e. The minimum absolute atomic E-state index is 0.0360. The molecule has 0 spiro atoms. The van der Waals surface area contributed by atoms with Crippen LogP contribution < -0.4 is 0 Å². The van der Waals surface area contributed by atoms with Crippen LogP contribution in [0.1, 0.15) is 20.8 Å². The van der Waals surface area contributed by atoms with E-state index in [1.807, 2.05) is 32.1 Å². The van der Waals surface area contributed by atoms with Crippen LogP contribution in [-0.2, 0) is 9.53 Å². The number of hydrogen-bond acceptors (Lipinski definition) is 2. The van der Waals surface area contributed by atoms with Gasteiger partial charge in [0.1, 0.15) is 12.4 Å². The van der Waals surface area contributed by atoms with E-state index in [9.17, 15) is 4.79 Å². The maximum Gasteiger partial charge on any atom is 0.167 e. The summed E-state index contributed by atoms with van der Waals surface area (Å²) in [5.74, 6) is 0.775. The van der Waals surface area contributed by atoms with Crippen molar-refractivity contribution < 1.29 is 9.53 Å². The van der Waals surface area contributed by atoms with Crippen molar-refractivity contribution in [2.45, 2.75) is 20.8 Å². The van der Waals surface area contributed by atoms with Crippen LogP contribution in [0.2, 0.25) is 0 Å². The van der Waals surface area contributed by atoms with E-state index in [0.717, 1.165) is 5.76 Å². The van der Waals surface area contributed by atoms with Gasteiger partial charge in [0.25, 0.3) is 0 Å². The third-order valence-corrected chi connectivity index (χ3v) is 1.06. The molecule has 0 aliphatic rings. The monoisotopic (exact) mass is 154 g/mol. The first-order valence-corrected chi connectivity index (χ1v) is 3.62. The molecule has 0 amide bonds. The van der Waals surface area contributed by atoms with Crippen molar-refractivity contribution in [3.05, 3.63) is 24.0 Å². The van der Waals surface area contributed by atoms with Gasteiger partial charge in [-0.25, -0.2) is 0 Å². The molecule has 0 rings (SSSR count). The van der Waals surface area contributed by atoms with Crippen molar-refractivity contribution in [3.63, 3.8) is 0 Å². The number of rotatable bonds is 4. The molecule has 0 radical (unpaired) electrons. The van der Waals surface area contributed by atoms with Crippen LogP contribution in [0.5, 0.6) is 0 Å². The number of hydrogen-bond donors (Lipinski definition) is 0. The van der Waals surface area contributed by atoms with Gasteiger partial charge in [0.2, 0.25) is 0 Å². The summed E-state index contributed by atoms with van der Waals surface area (Å²) in [5.41, 5.74) is 0. The Kier molecular flexibility index (Phi) is 5.17. The number of carbonyl (C=O) groups excluding carboxylic acids is 1. The number of allylic oxidation sites excluding steroid dienone is 3. The van der Waals surface area contributed by atoms with Gasteiger partial charge in [-0.3, -0.25) is 4.79 Å². The Morgan fingerprint density at radius 3 is 2.45 bits per heavy atom. The van der Waals surface area contributed by atoms with Gasteiger partial charge in [-0.1, -0.05) is 6.08 Å². The molecule has 0 aliphatic carbocycles. The average Bonchev–Trinajstić information content (AvgIpc) is 1.97. The summed E-state index contributed by atoms with van der Waals surface area (Å²) in [5, 5.41) is 0. The minimum atomic E-state index is 0.0360. The molecule has 0 saturated carbocycles. The van der Waals surface area contributed by atoms with Crippen LogP contribution in [0.3, 0.4) is 0 Å². The number of carbonyl (C=O) groups is 1. The van der Waals surface area contributed by atoms with Gasteiger partial charge in [-0.15, -0.1) is 0 Å². The Balaban J connectivity index is 3.81. The van der Waals surface area contributed by atoms with Crippen molar-refractivity contribution in [1.29, 1.82) is 0 Å². The van der Waals surface area contributed by atoms with E-state index < -0.39 is 0 Å². The lowest BCUT2D eigenvalue weighted by molar-refractivity contribution is -0.120.